The van der Waals surface area contributed by atoms with Crippen LogP contribution in [-0.2, 0) is 14.6 Å². The first kappa shape index (κ1) is 17.4. The van der Waals surface area contributed by atoms with Gasteiger partial charge in [0.1, 0.15) is 0 Å². The molecule has 4 heterocycles. The summed E-state index contributed by atoms with van der Waals surface area (Å²) in [6, 6.07) is 5.06. The molecule has 0 aliphatic carbocycles. The minimum Gasteiger partial charge on any atom is -0.383 e. The van der Waals surface area contributed by atoms with Crippen molar-refractivity contribution in [3.63, 3.8) is 0 Å². The predicted molar refractivity (Wildman–Crippen MR) is 95.9 cm³/mol. The molecule has 0 radical (unpaired) electrons. The molecular weight excluding hydrogens is 356 g/mol. The van der Waals surface area contributed by atoms with Gasteiger partial charge >= 0.3 is 0 Å². The normalized spacial score (nSPS) is 25.5. The fourth-order valence-electron chi connectivity index (χ4n) is 4.02. The Kier molecular flexibility index (Phi) is 4.45. The molecule has 2 unspecified atom stereocenters. The molecule has 8 nitrogen and oxygen atoms in total. The third-order valence-corrected chi connectivity index (χ3v) is 6.99. The summed E-state index contributed by atoms with van der Waals surface area (Å²) in [6.45, 7) is 2.37. The molecule has 26 heavy (non-hydrogen) atoms. The number of pyridine rings is 1. The highest BCUT2D eigenvalue weighted by Gasteiger charge is 2.48. The Balaban J connectivity index is 1.63. The van der Waals surface area contributed by atoms with Gasteiger partial charge < -0.3 is 9.64 Å². The molecule has 2 aliphatic heterocycles. The number of sulfone groups is 1. The molecule has 9 heteroatoms. The summed E-state index contributed by atoms with van der Waals surface area (Å²) >= 11 is 0. The lowest BCUT2D eigenvalue weighted by molar-refractivity contribution is 0.0248. The van der Waals surface area contributed by atoms with E-state index in [4.69, 9.17) is 4.74 Å². The van der Waals surface area contributed by atoms with Crippen molar-refractivity contribution >= 4 is 21.3 Å². The minimum absolute atomic E-state index is 0.0199. The molecule has 0 saturated carbocycles. The van der Waals surface area contributed by atoms with Gasteiger partial charge in [0.05, 0.1) is 41.4 Å². The van der Waals surface area contributed by atoms with Crippen LogP contribution in [0.15, 0.2) is 30.6 Å². The Labute approximate surface area is 152 Å². The Morgan fingerprint density at radius 2 is 2.08 bits per heavy atom. The summed E-state index contributed by atoms with van der Waals surface area (Å²) in [7, 11) is -1.53. The summed E-state index contributed by atoms with van der Waals surface area (Å²) in [6.07, 6.45) is 3.35. The zero-order valence-corrected chi connectivity index (χ0v) is 15.4. The second-order valence-corrected chi connectivity index (χ2v) is 8.98. The van der Waals surface area contributed by atoms with Gasteiger partial charge in [-0.2, -0.15) is 5.10 Å². The summed E-state index contributed by atoms with van der Waals surface area (Å²) in [5.41, 5.74) is 1.25. The second kappa shape index (κ2) is 6.64. The molecule has 1 amide bonds. The number of rotatable bonds is 4. The summed E-state index contributed by atoms with van der Waals surface area (Å²) in [4.78, 5) is 17.0. The Morgan fingerprint density at radius 1 is 1.27 bits per heavy atom. The number of aromatic nitrogens is 2. The van der Waals surface area contributed by atoms with Crippen LogP contribution < -0.4 is 0 Å². The number of hydrogen-bond donors (Lipinski definition) is 0. The first-order chi connectivity index (χ1) is 12.5. The van der Waals surface area contributed by atoms with Crippen molar-refractivity contribution in [1.29, 1.82) is 0 Å². The van der Waals surface area contributed by atoms with E-state index < -0.39 is 9.84 Å². The van der Waals surface area contributed by atoms with Crippen LogP contribution in [0, 0.1) is 0 Å². The molecule has 2 aromatic rings. The van der Waals surface area contributed by atoms with Crippen molar-refractivity contribution in [2.75, 3.05) is 44.9 Å². The van der Waals surface area contributed by atoms with Crippen LogP contribution in [-0.4, -0.2) is 90.7 Å². The molecule has 0 spiro atoms. The third-order valence-electron chi connectivity index (χ3n) is 5.29. The van der Waals surface area contributed by atoms with Crippen LogP contribution in [0.4, 0.5) is 0 Å². The number of nitrogens with zero attached hydrogens (tertiary/aromatic N) is 4. The van der Waals surface area contributed by atoms with Crippen LogP contribution in [0.5, 0.6) is 0 Å². The molecule has 2 fully saturated rings. The van der Waals surface area contributed by atoms with E-state index in [-0.39, 0.29) is 29.5 Å². The van der Waals surface area contributed by atoms with E-state index in [2.05, 4.69) is 10.00 Å². The minimum atomic E-state index is -3.16. The fourth-order valence-corrected chi connectivity index (χ4v) is 6.03. The maximum absolute atomic E-state index is 13.2. The van der Waals surface area contributed by atoms with E-state index >= 15 is 0 Å². The number of hydrogen-bond acceptors (Lipinski definition) is 6. The third kappa shape index (κ3) is 3.00. The van der Waals surface area contributed by atoms with Crippen LogP contribution >= 0.6 is 0 Å². The number of piperazine rings is 1. The first-order valence-corrected chi connectivity index (χ1v) is 10.5. The average molecular weight is 378 g/mol. The largest absolute Gasteiger partial charge is 0.383 e. The van der Waals surface area contributed by atoms with E-state index in [1.165, 1.54) is 0 Å². The molecule has 0 bridgehead atoms. The van der Waals surface area contributed by atoms with Crippen molar-refractivity contribution < 1.29 is 17.9 Å². The van der Waals surface area contributed by atoms with Crippen LogP contribution in [0.3, 0.4) is 0 Å². The highest BCUT2D eigenvalue weighted by atomic mass is 32.2. The van der Waals surface area contributed by atoms with Crippen molar-refractivity contribution in [2.45, 2.75) is 12.1 Å². The Morgan fingerprint density at radius 3 is 2.88 bits per heavy atom. The van der Waals surface area contributed by atoms with E-state index in [0.717, 1.165) is 5.52 Å². The molecular formula is C17H22N4O4S. The first-order valence-electron chi connectivity index (χ1n) is 8.67. The Bertz CT molecular complexity index is 926. The zero-order chi connectivity index (χ0) is 18.3. The van der Waals surface area contributed by atoms with Gasteiger partial charge in [-0.1, -0.05) is 6.07 Å². The monoisotopic (exact) mass is 378 g/mol. The molecule has 2 aromatic heterocycles. The number of carbonyl (C=O) groups is 1. The lowest BCUT2D eigenvalue weighted by Crippen LogP contribution is -2.61. The summed E-state index contributed by atoms with van der Waals surface area (Å²) in [5.74, 6) is -0.0313. The quantitative estimate of drug-likeness (QED) is 0.739. The fraction of sp³-hybridized carbons (Fsp3) is 0.529. The van der Waals surface area contributed by atoms with Crippen molar-refractivity contribution in [1.82, 2.24) is 19.4 Å². The zero-order valence-electron chi connectivity index (χ0n) is 14.6. The number of amides is 1. The molecule has 2 saturated heterocycles. The molecule has 2 aliphatic rings. The van der Waals surface area contributed by atoms with Crippen LogP contribution in [0.25, 0.3) is 5.52 Å². The average Bonchev–Trinajstić information content (AvgIpc) is 3.19. The maximum atomic E-state index is 13.2. The van der Waals surface area contributed by atoms with Gasteiger partial charge in [0.2, 0.25) is 0 Å². The second-order valence-electron chi connectivity index (χ2n) is 6.83. The highest BCUT2D eigenvalue weighted by molar-refractivity contribution is 7.91. The van der Waals surface area contributed by atoms with E-state index in [1.807, 2.05) is 18.2 Å². The van der Waals surface area contributed by atoms with Gasteiger partial charge in [-0.25, -0.2) is 12.9 Å². The molecule has 2 atom stereocenters. The lowest BCUT2D eigenvalue weighted by Gasteiger charge is -2.43. The highest BCUT2D eigenvalue weighted by Crippen LogP contribution is 2.28. The van der Waals surface area contributed by atoms with Gasteiger partial charge in [0.25, 0.3) is 5.91 Å². The van der Waals surface area contributed by atoms with E-state index in [1.54, 1.807) is 28.9 Å². The topological polar surface area (TPSA) is 84.2 Å². The predicted octanol–water partition coefficient (Wildman–Crippen LogP) is -0.0959. The van der Waals surface area contributed by atoms with Crippen LogP contribution in [0.2, 0.25) is 0 Å². The van der Waals surface area contributed by atoms with Gasteiger partial charge in [0.15, 0.2) is 9.84 Å². The molecule has 0 N–H and O–H groups in total. The number of carbonyl (C=O) groups excluding carboxylic acids is 1. The van der Waals surface area contributed by atoms with E-state index in [0.29, 0.717) is 31.8 Å². The SMILES string of the molecule is COCCN1CCN(C(=O)c2cnn3ccccc23)C2CS(=O)(=O)CC21. The van der Waals surface area contributed by atoms with E-state index in [9.17, 15) is 13.2 Å². The van der Waals surface area contributed by atoms with Crippen molar-refractivity contribution in [3.05, 3.63) is 36.2 Å². The molecule has 140 valence electrons. The molecule has 4 rings (SSSR count). The number of methoxy groups -OCH3 is 1. The summed E-state index contributed by atoms with van der Waals surface area (Å²) < 4.78 is 31.3. The smallest absolute Gasteiger partial charge is 0.258 e. The number of fused-ring (bicyclic) bond motifs is 2. The van der Waals surface area contributed by atoms with Crippen molar-refractivity contribution in [2.24, 2.45) is 0 Å². The Hall–Kier alpha value is -1.97. The number of ether oxygens (including phenoxy) is 1. The standard InChI is InChI=1S/C17H22N4O4S/c1-25-9-8-19-6-7-20(16-12-26(23,24)11-15(16)19)17(22)13-10-18-21-5-3-2-4-14(13)21/h2-5,10,15-16H,6-9,11-12H2,1H3. The van der Waals surface area contributed by atoms with Gasteiger partial charge in [-0.3, -0.25) is 9.69 Å². The summed E-state index contributed by atoms with van der Waals surface area (Å²) in [5, 5.41) is 4.23. The lowest BCUT2D eigenvalue weighted by atomic mass is 10.0. The maximum Gasteiger partial charge on any atom is 0.258 e. The van der Waals surface area contributed by atoms with Gasteiger partial charge in [0, 0.05) is 39.0 Å². The van der Waals surface area contributed by atoms with Gasteiger partial charge in [-0.05, 0) is 12.1 Å². The molecule has 0 aromatic carbocycles. The van der Waals surface area contributed by atoms with Gasteiger partial charge in [-0.15, -0.1) is 0 Å². The van der Waals surface area contributed by atoms with Crippen LogP contribution in [0.1, 0.15) is 10.4 Å². The van der Waals surface area contributed by atoms with Crippen molar-refractivity contribution in [3.8, 4) is 0 Å².